The van der Waals surface area contributed by atoms with E-state index in [1.165, 1.54) is 11.1 Å². The summed E-state index contributed by atoms with van der Waals surface area (Å²) < 4.78 is 11.7. The first-order valence-corrected chi connectivity index (χ1v) is 8.37. The third-order valence-corrected chi connectivity index (χ3v) is 4.92. The number of methoxy groups -OCH3 is 2. The normalized spacial score (nSPS) is 12.0. The molecule has 112 valence electrons. The number of benzene rings is 2. The summed E-state index contributed by atoms with van der Waals surface area (Å²) >= 11 is 7.32. The van der Waals surface area contributed by atoms with Gasteiger partial charge in [0.2, 0.25) is 0 Å². The highest BCUT2D eigenvalue weighted by Gasteiger charge is 2.18. The van der Waals surface area contributed by atoms with Gasteiger partial charge in [0.1, 0.15) is 16.0 Å². The van der Waals surface area contributed by atoms with E-state index in [0.29, 0.717) is 0 Å². The minimum Gasteiger partial charge on any atom is -0.495 e. The number of halogens is 2. The maximum absolute atomic E-state index is 5.54. The Bertz CT molecular complexity index is 626. The molecule has 0 N–H and O–H groups in total. The van der Waals surface area contributed by atoms with Crippen LogP contribution in [0.4, 0.5) is 0 Å². The van der Waals surface area contributed by atoms with Gasteiger partial charge in [-0.15, -0.1) is 0 Å². The van der Waals surface area contributed by atoms with Crippen molar-refractivity contribution in [1.82, 2.24) is 0 Å². The lowest BCUT2D eigenvalue weighted by Gasteiger charge is -2.17. The van der Waals surface area contributed by atoms with E-state index in [1.54, 1.807) is 14.2 Å². The first-order valence-electron chi connectivity index (χ1n) is 6.66. The van der Waals surface area contributed by atoms with Crippen LogP contribution in [0.3, 0.4) is 0 Å². The summed E-state index contributed by atoms with van der Waals surface area (Å²) in [6.45, 7) is 2.11. The Labute approximate surface area is 142 Å². The van der Waals surface area contributed by atoms with Crippen molar-refractivity contribution in [3.8, 4) is 11.5 Å². The van der Waals surface area contributed by atoms with Gasteiger partial charge in [-0.3, -0.25) is 0 Å². The molecule has 0 aliphatic rings. The van der Waals surface area contributed by atoms with Crippen molar-refractivity contribution in [3.05, 3.63) is 57.6 Å². The van der Waals surface area contributed by atoms with Crippen molar-refractivity contribution < 1.29 is 9.47 Å². The van der Waals surface area contributed by atoms with Gasteiger partial charge in [0.05, 0.1) is 14.2 Å². The molecular weight excluding hydrogens is 396 g/mol. The monoisotopic (exact) mass is 412 g/mol. The van der Waals surface area contributed by atoms with E-state index in [-0.39, 0.29) is 4.83 Å². The molecule has 0 radical (unpaired) electrons. The largest absolute Gasteiger partial charge is 0.495 e. The molecule has 0 amide bonds. The Morgan fingerprint density at radius 2 is 1.86 bits per heavy atom. The molecule has 4 heteroatoms. The van der Waals surface area contributed by atoms with E-state index >= 15 is 0 Å². The highest BCUT2D eigenvalue weighted by Crippen LogP contribution is 2.42. The molecule has 0 aromatic heterocycles. The van der Waals surface area contributed by atoms with Gasteiger partial charge in [-0.1, -0.05) is 51.8 Å². The Balaban J connectivity index is 2.30. The summed E-state index contributed by atoms with van der Waals surface area (Å²) in [6, 6.07) is 12.5. The molecule has 2 rings (SSSR count). The van der Waals surface area contributed by atoms with Crippen LogP contribution >= 0.6 is 31.9 Å². The number of aryl methyl sites for hydroxylation is 1. The van der Waals surface area contributed by atoms with Crippen LogP contribution in [0.5, 0.6) is 11.5 Å². The highest BCUT2D eigenvalue weighted by atomic mass is 79.9. The standard InChI is InChI=1S/C17H18Br2O2/c1-11-5-4-6-12(9-11)10-14(18)13-7-8-15(20-2)16(19)17(13)21-3/h4-9,14H,10H2,1-3H3. The quantitative estimate of drug-likeness (QED) is 0.606. The lowest BCUT2D eigenvalue weighted by Crippen LogP contribution is -2.01. The van der Waals surface area contributed by atoms with E-state index in [2.05, 4.69) is 63.0 Å². The van der Waals surface area contributed by atoms with Crippen LogP contribution in [0, 0.1) is 6.92 Å². The Morgan fingerprint density at radius 3 is 2.48 bits per heavy atom. The average molecular weight is 414 g/mol. The predicted molar refractivity (Wildman–Crippen MR) is 93.8 cm³/mol. The van der Waals surface area contributed by atoms with E-state index in [1.807, 2.05) is 12.1 Å². The lowest BCUT2D eigenvalue weighted by molar-refractivity contribution is 0.386. The third-order valence-electron chi connectivity index (χ3n) is 3.35. The maximum Gasteiger partial charge on any atom is 0.141 e. The van der Waals surface area contributed by atoms with Gasteiger partial charge in [-0.05, 0) is 40.9 Å². The molecule has 1 unspecified atom stereocenters. The van der Waals surface area contributed by atoms with Gasteiger partial charge in [-0.2, -0.15) is 0 Å². The molecule has 21 heavy (non-hydrogen) atoms. The second kappa shape index (κ2) is 7.32. The summed E-state index contributed by atoms with van der Waals surface area (Å²) in [6.07, 6.45) is 0.900. The number of rotatable bonds is 5. The molecule has 2 nitrogen and oxygen atoms in total. The molecule has 0 aliphatic carbocycles. The highest BCUT2D eigenvalue weighted by molar-refractivity contribution is 9.10. The SMILES string of the molecule is COc1ccc(C(Br)Cc2cccc(C)c2)c(OC)c1Br. The zero-order valence-electron chi connectivity index (χ0n) is 12.3. The van der Waals surface area contributed by atoms with Gasteiger partial charge in [0, 0.05) is 10.4 Å². The van der Waals surface area contributed by atoms with Gasteiger partial charge >= 0.3 is 0 Å². The minimum atomic E-state index is 0.177. The van der Waals surface area contributed by atoms with Crippen molar-refractivity contribution in [1.29, 1.82) is 0 Å². The van der Waals surface area contributed by atoms with E-state index in [0.717, 1.165) is 28.0 Å². The second-order valence-corrected chi connectivity index (χ2v) is 6.76. The third kappa shape index (κ3) is 3.80. The zero-order valence-corrected chi connectivity index (χ0v) is 15.5. The average Bonchev–Trinajstić information content (AvgIpc) is 2.46. The Kier molecular flexibility index (Phi) is 5.71. The lowest BCUT2D eigenvalue weighted by atomic mass is 10.0. The first-order chi connectivity index (χ1) is 10.1. The summed E-state index contributed by atoms with van der Waals surface area (Å²) in [7, 11) is 3.33. The van der Waals surface area contributed by atoms with Gasteiger partial charge < -0.3 is 9.47 Å². The zero-order chi connectivity index (χ0) is 15.4. The molecule has 2 aromatic rings. The molecule has 0 saturated heterocycles. The Morgan fingerprint density at radius 1 is 1.10 bits per heavy atom. The Hall–Kier alpha value is -1.00. The number of hydrogen-bond donors (Lipinski definition) is 0. The van der Waals surface area contributed by atoms with Gasteiger partial charge in [-0.25, -0.2) is 0 Å². The second-order valence-electron chi connectivity index (χ2n) is 4.86. The number of alkyl halides is 1. The molecule has 0 bridgehead atoms. The first kappa shape index (κ1) is 16.4. The van der Waals surface area contributed by atoms with Gasteiger partial charge in [0.25, 0.3) is 0 Å². The van der Waals surface area contributed by atoms with E-state index < -0.39 is 0 Å². The smallest absolute Gasteiger partial charge is 0.141 e. The fourth-order valence-corrected chi connectivity index (χ4v) is 3.74. The molecule has 2 aromatic carbocycles. The van der Waals surface area contributed by atoms with Crippen LogP contribution in [-0.2, 0) is 6.42 Å². The van der Waals surface area contributed by atoms with Crippen molar-refractivity contribution in [2.75, 3.05) is 14.2 Å². The summed E-state index contributed by atoms with van der Waals surface area (Å²) in [4.78, 5) is 0.177. The molecule has 0 fully saturated rings. The van der Waals surface area contributed by atoms with Crippen molar-refractivity contribution in [2.45, 2.75) is 18.2 Å². The molecule has 0 saturated carbocycles. The molecule has 0 heterocycles. The summed E-state index contributed by atoms with van der Waals surface area (Å²) in [5.41, 5.74) is 3.67. The summed E-state index contributed by atoms with van der Waals surface area (Å²) in [5.74, 6) is 1.58. The molecule has 0 spiro atoms. The predicted octanol–water partition coefficient (Wildman–Crippen LogP) is 5.45. The van der Waals surface area contributed by atoms with E-state index in [9.17, 15) is 0 Å². The molecule has 0 aliphatic heterocycles. The maximum atomic E-state index is 5.54. The number of hydrogen-bond acceptors (Lipinski definition) is 2. The van der Waals surface area contributed by atoms with Crippen LogP contribution in [-0.4, -0.2) is 14.2 Å². The van der Waals surface area contributed by atoms with Crippen LogP contribution in [0.1, 0.15) is 21.5 Å². The molecular formula is C17H18Br2O2. The van der Waals surface area contributed by atoms with Crippen molar-refractivity contribution in [2.24, 2.45) is 0 Å². The van der Waals surface area contributed by atoms with Crippen LogP contribution in [0.15, 0.2) is 40.9 Å². The van der Waals surface area contributed by atoms with Crippen LogP contribution in [0.25, 0.3) is 0 Å². The topological polar surface area (TPSA) is 18.5 Å². The number of ether oxygens (including phenoxy) is 2. The van der Waals surface area contributed by atoms with Crippen LogP contribution in [0.2, 0.25) is 0 Å². The van der Waals surface area contributed by atoms with E-state index in [4.69, 9.17) is 9.47 Å². The van der Waals surface area contributed by atoms with Crippen molar-refractivity contribution in [3.63, 3.8) is 0 Å². The molecule has 1 atom stereocenters. The van der Waals surface area contributed by atoms with Gasteiger partial charge in [0.15, 0.2) is 0 Å². The fraction of sp³-hybridized carbons (Fsp3) is 0.294. The van der Waals surface area contributed by atoms with Crippen molar-refractivity contribution >= 4 is 31.9 Å². The summed E-state index contributed by atoms with van der Waals surface area (Å²) in [5, 5.41) is 0. The minimum absolute atomic E-state index is 0.177. The van der Waals surface area contributed by atoms with Crippen LogP contribution < -0.4 is 9.47 Å². The fourth-order valence-electron chi connectivity index (χ4n) is 2.32.